The molecular weight excluding hydrogens is 208 g/mol. The van der Waals surface area contributed by atoms with E-state index in [-0.39, 0.29) is 11.2 Å². The summed E-state index contributed by atoms with van der Waals surface area (Å²) in [6.45, 7) is 5.64. The first-order valence-corrected chi connectivity index (χ1v) is 4.61. The van der Waals surface area contributed by atoms with Crippen molar-refractivity contribution < 1.29 is 8.78 Å². The molecular formula is C10H12ClF2N. The summed E-state index contributed by atoms with van der Waals surface area (Å²) in [5, 5.41) is 2.42. The van der Waals surface area contributed by atoms with Gasteiger partial charge >= 0.3 is 0 Å². The summed E-state index contributed by atoms with van der Waals surface area (Å²) in [6.07, 6.45) is 0. The van der Waals surface area contributed by atoms with Gasteiger partial charge in [-0.05, 0) is 32.9 Å². The predicted molar refractivity (Wildman–Crippen MR) is 54.7 cm³/mol. The topological polar surface area (TPSA) is 12.0 Å². The maximum Gasteiger partial charge on any atom is 0.167 e. The van der Waals surface area contributed by atoms with E-state index in [0.717, 1.165) is 6.07 Å². The van der Waals surface area contributed by atoms with Crippen molar-refractivity contribution in [2.75, 3.05) is 5.32 Å². The summed E-state index contributed by atoms with van der Waals surface area (Å²) in [6, 6.07) is 2.47. The Hall–Kier alpha value is -0.830. The van der Waals surface area contributed by atoms with E-state index in [0.29, 0.717) is 0 Å². The Kier molecular flexibility index (Phi) is 3.00. The van der Waals surface area contributed by atoms with E-state index >= 15 is 0 Å². The monoisotopic (exact) mass is 219 g/mol. The zero-order valence-corrected chi connectivity index (χ0v) is 9.04. The van der Waals surface area contributed by atoms with Gasteiger partial charge in [0.1, 0.15) is 10.8 Å². The summed E-state index contributed by atoms with van der Waals surface area (Å²) < 4.78 is 26.2. The van der Waals surface area contributed by atoms with Gasteiger partial charge in [-0.25, -0.2) is 8.78 Å². The van der Waals surface area contributed by atoms with Crippen LogP contribution in [0.1, 0.15) is 20.8 Å². The van der Waals surface area contributed by atoms with E-state index in [9.17, 15) is 8.78 Å². The SMILES string of the molecule is CC(C)(C)Nc1ccc(F)c(Cl)c1F. The van der Waals surface area contributed by atoms with Crippen molar-refractivity contribution in [2.24, 2.45) is 0 Å². The minimum Gasteiger partial charge on any atom is -0.378 e. The van der Waals surface area contributed by atoms with Crippen molar-refractivity contribution in [3.8, 4) is 0 Å². The molecule has 0 atom stereocenters. The van der Waals surface area contributed by atoms with Gasteiger partial charge in [-0.15, -0.1) is 0 Å². The van der Waals surface area contributed by atoms with Crippen LogP contribution < -0.4 is 5.32 Å². The standard InChI is InChI=1S/C10H12ClF2N/c1-10(2,3)14-7-5-4-6(12)8(11)9(7)13/h4-5,14H,1-3H3. The molecule has 0 aliphatic heterocycles. The zero-order chi connectivity index (χ0) is 10.9. The fraction of sp³-hybridized carbons (Fsp3) is 0.400. The second-order valence-electron chi connectivity index (χ2n) is 4.10. The fourth-order valence-corrected chi connectivity index (χ4v) is 1.19. The summed E-state index contributed by atoms with van der Waals surface area (Å²) in [7, 11) is 0. The van der Waals surface area contributed by atoms with Gasteiger partial charge < -0.3 is 5.32 Å². The molecule has 0 spiro atoms. The number of nitrogens with one attached hydrogen (secondary N) is 1. The van der Waals surface area contributed by atoms with E-state index in [1.54, 1.807) is 0 Å². The van der Waals surface area contributed by atoms with Crippen LogP contribution in [0, 0.1) is 11.6 Å². The largest absolute Gasteiger partial charge is 0.378 e. The highest BCUT2D eigenvalue weighted by Crippen LogP contribution is 2.27. The highest BCUT2D eigenvalue weighted by atomic mass is 35.5. The Labute approximate surface area is 87.1 Å². The summed E-state index contributed by atoms with van der Waals surface area (Å²) in [5.41, 5.74) is -0.0777. The van der Waals surface area contributed by atoms with Gasteiger partial charge in [0.25, 0.3) is 0 Å². The van der Waals surface area contributed by atoms with Gasteiger partial charge in [-0.3, -0.25) is 0 Å². The smallest absolute Gasteiger partial charge is 0.167 e. The van der Waals surface area contributed by atoms with Crippen molar-refractivity contribution in [3.63, 3.8) is 0 Å². The molecule has 4 heteroatoms. The molecule has 0 saturated carbocycles. The molecule has 0 radical (unpaired) electrons. The lowest BCUT2D eigenvalue weighted by Gasteiger charge is -2.22. The molecule has 1 aromatic carbocycles. The second kappa shape index (κ2) is 3.73. The van der Waals surface area contributed by atoms with Gasteiger partial charge in [0.2, 0.25) is 0 Å². The highest BCUT2D eigenvalue weighted by molar-refractivity contribution is 6.31. The molecule has 0 aliphatic carbocycles. The lowest BCUT2D eigenvalue weighted by Crippen LogP contribution is -2.26. The highest BCUT2D eigenvalue weighted by Gasteiger charge is 2.16. The van der Waals surface area contributed by atoms with E-state index in [4.69, 9.17) is 11.6 Å². The van der Waals surface area contributed by atoms with Crippen molar-refractivity contribution in [1.29, 1.82) is 0 Å². The average Bonchev–Trinajstić information content (AvgIpc) is 2.04. The van der Waals surface area contributed by atoms with Crippen LogP contribution >= 0.6 is 11.6 Å². The van der Waals surface area contributed by atoms with E-state index in [2.05, 4.69) is 5.32 Å². The lowest BCUT2D eigenvalue weighted by molar-refractivity contribution is 0.573. The van der Waals surface area contributed by atoms with Crippen LogP contribution in [0.4, 0.5) is 14.5 Å². The Bertz CT molecular complexity index is 345. The molecule has 0 unspecified atom stereocenters. The summed E-state index contributed by atoms with van der Waals surface area (Å²) >= 11 is 5.42. The normalized spacial score (nSPS) is 11.6. The van der Waals surface area contributed by atoms with Gasteiger partial charge in [0.15, 0.2) is 5.82 Å². The van der Waals surface area contributed by atoms with Gasteiger partial charge in [-0.1, -0.05) is 11.6 Å². The van der Waals surface area contributed by atoms with Crippen LogP contribution in [0.15, 0.2) is 12.1 Å². The maximum atomic E-state index is 13.4. The molecule has 1 nitrogen and oxygen atoms in total. The summed E-state index contributed by atoms with van der Waals surface area (Å²) in [5.74, 6) is -1.50. The maximum absolute atomic E-state index is 13.4. The van der Waals surface area contributed by atoms with Gasteiger partial charge in [0.05, 0.1) is 5.69 Å². The van der Waals surface area contributed by atoms with Gasteiger partial charge in [-0.2, -0.15) is 0 Å². The third-order valence-corrected chi connectivity index (χ3v) is 1.89. The van der Waals surface area contributed by atoms with Gasteiger partial charge in [0, 0.05) is 5.54 Å². The number of hydrogen-bond donors (Lipinski definition) is 1. The molecule has 0 bridgehead atoms. The quantitative estimate of drug-likeness (QED) is 0.708. The molecule has 0 fully saturated rings. The summed E-state index contributed by atoms with van der Waals surface area (Å²) in [4.78, 5) is 0. The second-order valence-corrected chi connectivity index (χ2v) is 4.48. The Morgan fingerprint density at radius 1 is 1.21 bits per heavy atom. The van der Waals surface area contributed by atoms with Crippen molar-refractivity contribution in [2.45, 2.75) is 26.3 Å². The van der Waals surface area contributed by atoms with Crippen molar-refractivity contribution >= 4 is 17.3 Å². The Balaban J connectivity index is 3.06. The molecule has 0 aliphatic rings. The van der Waals surface area contributed by atoms with Crippen molar-refractivity contribution in [1.82, 2.24) is 0 Å². The van der Waals surface area contributed by atoms with Crippen LogP contribution in [-0.2, 0) is 0 Å². The molecule has 0 aromatic heterocycles. The van der Waals surface area contributed by atoms with Crippen LogP contribution in [0.5, 0.6) is 0 Å². The molecule has 14 heavy (non-hydrogen) atoms. The predicted octanol–water partition coefficient (Wildman–Crippen LogP) is 3.83. The Morgan fingerprint density at radius 2 is 1.79 bits per heavy atom. The first kappa shape index (κ1) is 11.2. The first-order chi connectivity index (χ1) is 6.31. The third kappa shape index (κ3) is 2.58. The molecule has 1 aromatic rings. The van der Waals surface area contributed by atoms with Crippen LogP contribution in [0.2, 0.25) is 5.02 Å². The van der Waals surface area contributed by atoms with Crippen LogP contribution in [0.3, 0.4) is 0 Å². The number of anilines is 1. The molecule has 78 valence electrons. The third-order valence-electron chi connectivity index (χ3n) is 1.54. The molecule has 0 heterocycles. The number of halogens is 3. The van der Waals surface area contributed by atoms with Crippen molar-refractivity contribution in [3.05, 3.63) is 28.8 Å². The lowest BCUT2D eigenvalue weighted by atomic mass is 10.1. The molecule has 1 rings (SSSR count). The fourth-order valence-electron chi connectivity index (χ4n) is 1.03. The number of rotatable bonds is 1. The Morgan fingerprint density at radius 3 is 2.29 bits per heavy atom. The van der Waals surface area contributed by atoms with E-state index < -0.39 is 16.7 Å². The molecule has 1 N–H and O–H groups in total. The van der Waals surface area contributed by atoms with Crippen LogP contribution in [0.25, 0.3) is 0 Å². The molecule has 0 saturated heterocycles. The van der Waals surface area contributed by atoms with Crippen LogP contribution in [-0.4, -0.2) is 5.54 Å². The number of benzene rings is 1. The zero-order valence-electron chi connectivity index (χ0n) is 8.29. The number of hydrogen-bond acceptors (Lipinski definition) is 1. The van der Waals surface area contributed by atoms with E-state index in [1.165, 1.54) is 6.07 Å². The average molecular weight is 220 g/mol. The minimum absolute atomic E-state index is 0.212. The molecule has 0 amide bonds. The minimum atomic E-state index is -0.749. The first-order valence-electron chi connectivity index (χ1n) is 4.23. The van der Waals surface area contributed by atoms with E-state index in [1.807, 2.05) is 20.8 Å².